The van der Waals surface area contributed by atoms with Crippen molar-refractivity contribution < 1.29 is 33.5 Å². The minimum atomic E-state index is -0.831. The minimum Gasteiger partial charge on any atom is -0.453 e. The second-order valence-corrected chi connectivity index (χ2v) is 18.2. The summed E-state index contributed by atoms with van der Waals surface area (Å²) in [5, 5.41) is 9.80. The molecule has 2 heterocycles. The lowest BCUT2D eigenvalue weighted by Crippen LogP contribution is -2.64. The highest BCUT2D eigenvalue weighted by Gasteiger charge is 2.49. The maximum absolute atomic E-state index is 13.3. The molecule has 0 aliphatic carbocycles. The van der Waals surface area contributed by atoms with Crippen molar-refractivity contribution in [2.75, 3.05) is 18.5 Å². The topological polar surface area (TPSA) is 119 Å². The Balaban J connectivity index is 1.55. The standard InChI is InChI=1S/C44H74N4O7/c1-11-13-15-17-19-23-27-52-47-41(3,4)29-34(30-42(47,5)6)45-39(50)40(51)46-36-25-21-22-26-37(36)55-38(33-49)54-35-31-43(7,8)48(44(9,10)32-35)53-28-24-20-18-16-14-12-2/h21-22,25-26,34-35H,11-20,23-24,27-32H2,1-10H3,(H,45,50)(H,46,51). The Morgan fingerprint density at radius 3 is 1.62 bits per heavy atom. The number of hydrogen-bond acceptors (Lipinski definition) is 9. The van der Waals surface area contributed by atoms with Crippen molar-refractivity contribution in [3.63, 3.8) is 0 Å². The predicted octanol–water partition coefficient (Wildman–Crippen LogP) is 9.44. The molecule has 0 radical (unpaired) electrons. The first kappa shape index (κ1) is 46.4. The fourth-order valence-corrected chi connectivity index (χ4v) is 8.80. The number of carbonyl (C=O) groups is 2. The van der Waals surface area contributed by atoms with E-state index in [-0.39, 0.29) is 51.7 Å². The summed E-state index contributed by atoms with van der Waals surface area (Å²) in [7, 11) is 0. The maximum Gasteiger partial charge on any atom is 0.375 e. The molecule has 0 atom stereocenters. The number of hydrogen-bond donors (Lipinski definition) is 2. The number of unbranched alkanes of at least 4 members (excludes halogenated alkanes) is 10. The molecule has 2 saturated heterocycles. The van der Waals surface area contributed by atoms with E-state index in [1.165, 1.54) is 51.4 Å². The Morgan fingerprint density at radius 1 is 0.673 bits per heavy atom. The molecule has 11 heteroatoms. The molecule has 1 aromatic carbocycles. The number of rotatable bonds is 22. The van der Waals surface area contributed by atoms with Crippen LogP contribution in [0.1, 0.15) is 172 Å². The van der Waals surface area contributed by atoms with Crippen molar-refractivity contribution in [3.05, 3.63) is 30.2 Å². The molecule has 0 spiro atoms. The zero-order chi connectivity index (χ0) is 40.7. The van der Waals surface area contributed by atoms with Crippen LogP contribution in [0.2, 0.25) is 0 Å². The number of carbonyl (C=O) groups excluding carboxylic acids is 3. The van der Waals surface area contributed by atoms with E-state index >= 15 is 0 Å². The number of nitrogens with zero attached hydrogens (tertiary/aromatic N) is 2. The van der Waals surface area contributed by atoms with Crippen molar-refractivity contribution in [1.82, 2.24) is 15.4 Å². The molecule has 312 valence electrons. The van der Waals surface area contributed by atoms with Gasteiger partial charge in [-0.15, -0.1) is 0 Å². The molecule has 2 fully saturated rings. The summed E-state index contributed by atoms with van der Waals surface area (Å²) in [6.45, 7) is 22.7. The number of piperidine rings is 2. The van der Waals surface area contributed by atoms with Gasteiger partial charge in [0.05, 0.1) is 18.9 Å². The molecule has 2 aliphatic heterocycles. The number of nitrogens with one attached hydrogen (secondary N) is 2. The van der Waals surface area contributed by atoms with E-state index in [9.17, 15) is 14.4 Å². The zero-order valence-electron chi connectivity index (χ0n) is 35.9. The number of amides is 2. The number of para-hydroxylation sites is 2. The van der Waals surface area contributed by atoms with Gasteiger partial charge in [-0.05, 0) is 93.2 Å². The summed E-state index contributed by atoms with van der Waals surface area (Å²) in [4.78, 5) is 51.3. The number of ether oxygens (including phenoxy) is 2. The number of benzene rings is 1. The first-order valence-electron chi connectivity index (χ1n) is 21.1. The van der Waals surface area contributed by atoms with Crippen LogP contribution in [0, 0.1) is 0 Å². The molecule has 0 unspecified atom stereocenters. The summed E-state index contributed by atoms with van der Waals surface area (Å²) < 4.78 is 12.0. The Hall–Kier alpha value is -2.95. The third-order valence-electron chi connectivity index (χ3n) is 10.8. The van der Waals surface area contributed by atoms with Crippen LogP contribution in [0.3, 0.4) is 0 Å². The Kier molecular flexibility index (Phi) is 18.2. The molecule has 3 rings (SSSR count). The Labute approximate surface area is 332 Å². The van der Waals surface area contributed by atoms with Crippen LogP contribution in [0.15, 0.2) is 30.2 Å². The van der Waals surface area contributed by atoms with Crippen molar-refractivity contribution in [2.45, 2.75) is 206 Å². The monoisotopic (exact) mass is 771 g/mol. The Bertz CT molecular complexity index is 1370. The second-order valence-electron chi connectivity index (χ2n) is 18.2. The zero-order valence-corrected chi connectivity index (χ0v) is 35.9. The van der Waals surface area contributed by atoms with Gasteiger partial charge in [0, 0.05) is 41.0 Å². The van der Waals surface area contributed by atoms with Crippen molar-refractivity contribution in [2.24, 2.45) is 0 Å². The predicted molar refractivity (Wildman–Crippen MR) is 219 cm³/mol. The average molecular weight is 771 g/mol. The number of hydroxylamine groups is 4. The smallest absolute Gasteiger partial charge is 0.375 e. The summed E-state index contributed by atoms with van der Waals surface area (Å²) in [5.41, 5.74) is -1.24. The van der Waals surface area contributed by atoms with Gasteiger partial charge in [0.2, 0.25) is 5.94 Å². The van der Waals surface area contributed by atoms with Crippen LogP contribution in [0.5, 0.6) is 5.75 Å². The summed E-state index contributed by atoms with van der Waals surface area (Å²) in [5.74, 6) is 0.0551. The molecule has 1 aromatic rings. The van der Waals surface area contributed by atoms with Gasteiger partial charge in [-0.3, -0.25) is 19.3 Å². The second kappa shape index (κ2) is 21.5. The average Bonchev–Trinajstić information content (AvgIpc) is 3.08. The first-order chi connectivity index (χ1) is 26.0. The molecule has 2 N–H and O–H groups in total. The van der Waals surface area contributed by atoms with Gasteiger partial charge in [0.25, 0.3) is 0 Å². The van der Waals surface area contributed by atoms with Crippen molar-refractivity contribution in [1.29, 1.82) is 0 Å². The van der Waals surface area contributed by atoms with E-state index in [0.29, 0.717) is 38.9 Å². The van der Waals surface area contributed by atoms with Gasteiger partial charge in [0.15, 0.2) is 5.75 Å². The van der Waals surface area contributed by atoms with Crippen LogP contribution in [-0.4, -0.2) is 75.4 Å². The van der Waals surface area contributed by atoms with Gasteiger partial charge in [-0.1, -0.05) is 90.2 Å². The number of anilines is 1. The highest BCUT2D eigenvalue weighted by molar-refractivity contribution is 6.39. The largest absolute Gasteiger partial charge is 0.453 e. The van der Waals surface area contributed by atoms with Crippen LogP contribution in [0.25, 0.3) is 0 Å². The molecule has 0 bridgehead atoms. The maximum atomic E-state index is 13.3. The SMILES string of the molecule is CCCCCCCCON1C(C)(C)CC(NC(=O)C(=O)Nc2ccccc2OC(=C=O)OC2CC(C)(C)N(OCCCCCCCC)C(C)(C)C2)CC1(C)C. The van der Waals surface area contributed by atoms with Crippen LogP contribution >= 0.6 is 0 Å². The molecule has 0 saturated carbocycles. The summed E-state index contributed by atoms with van der Waals surface area (Å²) in [6.07, 6.45) is 16.4. The van der Waals surface area contributed by atoms with E-state index in [1.54, 1.807) is 30.2 Å². The van der Waals surface area contributed by atoms with E-state index in [4.69, 9.17) is 19.1 Å². The van der Waals surface area contributed by atoms with Gasteiger partial charge in [-0.25, -0.2) is 4.79 Å². The van der Waals surface area contributed by atoms with Gasteiger partial charge < -0.3 is 20.1 Å². The molecule has 0 aromatic heterocycles. The highest BCUT2D eigenvalue weighted by Crippen LogP contribution is 2.41. The van der Waals surface area contributed by atoms with Gasteiger partial charge in [-0.2, -0.15) is 10.1 Å². The third-order valence-corrected chi connectivity index (χ3v) is 10.8. The van der Waals surface area contributed by atoms with Gasteiger partial charge in [0.1, 0.15) is 6.10 Å². The lowest BCUT2D eigenvalue weighted by molar-refractivity contribution is -0.294. The fourth-order valence-electron chi connectivity index (χ4n) is 8.80. The van der Waals surface area contributed by atoms with E-state index < -0.39 is 11.8 Å². The molecule has 2 aliphatic rings. The van der Waals surface area contributed by atoms with E-state index in [0.717, 1.165) is 25.7 Å². The minimum absolute atomic E-state index is 0.165. The summed E-state index contributed by atoms with van der Waals surface area (Å²) >= 11 is 0. The summed E-state index contributed by atoms with van der Waals surface area (Å²) in [6, 6.07) is 6.41. The van der Waals surface area contributed by atoms with E-state index in [1.807, 2.05) is 0 Å². The van der Waals surface area contributed by atoms with Gasteiger partial charge >= 0.3 is 17.8 Å². The van der Waals surface area contributed by atoms with Crippen molar-refractivity contribution >= 4 is 23.4 Å². The first-order valence-corrected chi connectivity index (χ1v) is 21.1. The molecule has 11 nitrogen and oxygen atoms in total. The lowest BCUT2D eigenvalue weighted by atomic mass is 9.79. The Morgan fingerprint density at radius 2 is 1.13 bits per heavy atom. The lowest BCUT2D eigenvalue weighted by Gasteiger charge is -2.53. The highest BCUT2D eigenvalue weighted by atomic mass is 16.7. The van der Waals surface area contributed by atoms with Crippen molar-refractivity contribution in [3.8, 4) is 5.75 Å². The fraction of sp³-hybridized carbons (Fsp3) is 0.773. The van der Waals surface area contributed by atoms with E-state index in [2.05, 4.69) is 90.0 Å². The van der Waals surface area contributed by atoms with Crippen LogP contribution < -0.4 is 15.4 Å². The normalized spacial score (nSPS) is 19.7. The molecular formula is C44H74N4O7. The van der Waals surface area contributed by atoms with Crippen LogP contribution in [-0.2, 0) is 28.8 Å². The quantitative estimate of drug-likeness (QED) is 0.0515. The molecule has 55 heavy (non-hydrogen) atoms. The molecule has 2 amide bonds. The van der Waals surface area contributed by atoms with Crippen LogP contribution in [0.4, 0.5) is 5.69 Å². The third kappa shape index (κ3) is 14.5. The molecular weight excluding hydrogens is 697 g/mol.